The minimum atomic E-state index is -0.00105. The van der Waals surface area contributed by atoms with Crippen molar-refractivity contribution in [3.05, 3.63) is 47.0 Å². The van der Waals surface area contributed by atoms with Gasteiger partial charge in [0.1, 0.15) is 0 Å². The van der Waals surface area contributed by atoms with Gasteiger partial charge in [-0.15, -0.1) is 0 Å². The molecule has 0 atom stereocenters. The molecule has 26 heavy (non-hydrogen) atoms. The van der Waals surface area contributed by atoms with Crippen LogP contribution in [0.3, 0.4) is 0 Å². The second-order valence-corrected chi connectivity index (χ2v) is 7.07. The van der Waals surface area contributed by atoms with Crippen molar-refractivity contribution in [1.82, 2.24) is 5.32 Å². The molecule has 0 saturated carbocycles. The number of aryl methyl sites for hydroxylation is 1. The zero-order chi connectivity index (χ0) is 18.7. The molecule has 0 fully saturated rings. The molecule has 3 rings (SSSR count). The fourth-order valence-corrected chi connectivity index (χ4v) is 3.27. The molecule has 4 nitrogen and oxygen atoms in total. The molecule has 0 radical (unpaired) electrons. The maximum atomic E-state index is 11.8. The lowest BCUT2D eigenvalue weighted by molar-refractivity contribution is 0.0966. The summed E-state index contributed by atoms with van der Waals surface area (Å²) >= 11 is 0. The highest BCUT2D eigenvalue weighted by molar-refractivity contribution is 5.99. The molecule has 0 saturated heterocycles. The predicted molar refractivity (Wildman–Crippen MR) is 104 cm³/mol. The molecule has 0 aromatic heterocycles. The molecule has 2 aromatic rings. The molecule has 0 aliphatic carbocycles. The normalized spacial score (nSPS) is 12.9. The summed E-state index contributed by atoms with van der Waals surface area (Å²) in [6, 6.07) is 10.1. The van der Waals surface area contributed by atoms with Crippen molar-refractivity contribution in [2.24, 2.45) is 5.92 Å². The highest BCUT2D eigenvalue weighted by atomic mass is 16.5. The lowest BCUT2D eigenvalue weighted by Crippen LogP contribution is -2.12. The third kappa shape index (κ3) is 3.55. The van der Waals surface area contributed by atoms with Crippen molar-refractivity contribution in [3.8, 4) is 22.6 Å². The molecule has 1 amide bonds. The van der Waals surface area contributed by atoms with Crippen LogP contribution >= 0.6 is 0 Å². The summed E-state index contributed by atoms with van der Waals surface area (Å²) in [7, 11) is 1.69. The van der Waals surface area contributed by atoms with Crippen LogP contribution in [0.25, 0.3) is 11.1 Å². The molecule has 0 unspecified atom stereocenters. The van der Waals surface area contributed by atoms with Crippen molar-refractivity contribution >= 4 is 5.91 Å². The highest BCUT2D eigenvalue weighted by Gasteiger charge is 2.21. The summed E-state index contributed by atoms with van der Waals surface area (Å²) < 4.78 is 11.9. The average molecular weight is 353 g/mol. The molecule has 138 valence electrons. The van der Waals surface area contributed by atoms with Crippen molar-refractivity contribution in [2.45, 2.75) is 40.2 Å². The summed E-state index contributed by atoms with van der Waals surface area (Å²) in [6.45, 7) is 7.72. The summed E-state index contributed by atoms with van der Waals surface area (Å²) in [4.78, 5) is 11.8. The number of carbonyl (C=O) groups excluding carboxylic acids is 1. The smallest absolute Gasteiger partial charge is 0.251 e. The number of hydrogen-bond donors (Lipinski definition) is 1. The van der Waals surface area contributed by atoms with Gasteiger partial charge in [0.25, 0.3) is 5.91 Å². The zero-order valence-electron chi connectivity index (χ0n) is 16.0. The summed E-state index contributed by atoms with van der Waals surface area (Å²) in [6.07, 6.45) is 1.87. The van der Waals surface area contributed by atoms with E-state index in [1.165, 1.54) is 0 Å². The van der Waals surface area contributed by atoms with E-state index in [-0.39, 0.29) is 5.91 Å². The first kappa shape index (κ1) is 18.3. The predicted octanol–water partition coefficient (Wildman–Crippen LogP) is 4.59. The average Bonchev–Trinajstić information content (AvgIpc) is 3.01. The van der Waals surface area contributed by atoms with Gasteiger partial charge in [0.05, 0.1) is 13.7 Å². The van der Waals surface area contributed by atoms with E-state index in [9.17, 15) is 4.79 Å². The first-order chi connectivity index (χ1) is 12.5. The van der Waals surface area contributed by atoms with E-state index in [2.05, 4.69) is 44.3 Å². The lowest BCUT2D eigenvalue weighted by Gasteiger charge is -2.19. The fourth-order valence-electron chi connectivity index (χ4n) is 3.27. The Morgan fingerprint density at radius 2 is 1.88 bits per heavy atom. The number of nitrogens with one attached hydrogen (secondary N) is 1. The van der Waals surface area contributed by atoms with Gasteiger partial charge >= 0.3 is 0 Å². The molecular weight excluding hydrogens is 326 g/mol. The van der Waals surface area contributed by atoms with E-state index >= 15 is 0 Å². The number of amides is 1. The van der Waals surface area contributed by atoms with Gasteiger partial charge in [-0.2, -0.15) is 0 Å². The molecule has 0 bridgehead atoms. The van der Waals surface area contributed by atoms with Gasteiger partial charge in [-0.05, 0) is 47.6 Å². The van der Waals surface area contributed by atoms with Gasteiger partial charge in [-0.3, -0.25) is 4.79 Å². The number of hydrogen-bond acceptors (Lipinski definition) is 3. The molecule has 4 heteroatoms. The largest absolute Gasteiger partial charge is 0.493 e. The number of rotatable bonds is 7. The van der Waals surface area contributed by atoms with Crippen LogP contribution in [-0.2, 0) is 13.0 Å². The Kier molecular flexibility index (Phi) is 5.50. The Morgan fingerprint density at radius 1 is 1.12 bits per heavy atom. The maximum absolute atomic E-state index is 11.8. The first-order valence-corrected chi connectivity index (χ1v) is 9.29. The van der Waals surface area contributed by atoms with Crippen molar-refractivity contribution in [1.29, 1.82) is 0 Å². The van der Waals surface area contributed by atoms with Crippen LogP contribution in [-0.4, -0.2) is 19.6 Å². The van der Waals surface area contributed by atoms with Crippen LogP contribution in [0.5, 0.6) is 11.5 Å². The molecular formula is C22H27NO3. The highest BCUT2D eigenvalue weighted by Crippen LogP contribution is 2.42. The number of methoxy groups -OCH3 is 1. The van der Waals surface area contributed by atoms with Crippen LogP contribution in [0.2, 0.25) is 0 Å². The third-order valence-corrected chi connectivity index (χ3v) is 4.82. The maximum Gasteiger partial charge on any atom is 0.251 e. The zero-order valence-corrected chi connectivity index (χ0v) is 16.0. The minimum Gasteiger partial charge on any atom is -0.493 e. The van der Waals surface area contributed by atoms with Gasteiger partial charge in [0.15, 0.2) is 11.5 Å². The van der Waals surface area contributed by atoms with E-state index in [1.807, 2.05) is 12.1 Å². The topological polar surface area (TPSA) is 47.6 Å². The Bertz CT molecular complexity index is 811. The summed E-state index contributed by atoms with van der Waals surface area (Å²) in [5, 5.41) is 2.87. The van der Waals surface area contributed by atoms with Crippen molar-refractivity contribution in [3.63, 3.8) is 0 Å². The Labute approximate surface area is 155 Å². The molecule has 2 aromatic carbocycles. The van der Waals surface area contributed by atoms with E-state index in [1.54, 1.807) is 7.11 Å². The Balaban J connectivity index is 2.04. The van der Waals surface area contributed by atoms with E-state index in [0.717, 1.165) is 52.2 Å². The van der Waals surface area contributed by atoms with Crippen LogP contribution in [0.4, 0.5) is 0 Å². The van der Waals surface area contributed by atoms with E-state index in [4.69, 9.17) is 9.47 Å². The van der Waals surface area contributed by atoms with E-state index < -0.39 is 0 Å². The first-order valence-electron chi connectivity index (χ1n) is 9.29. The number of fused-ring (bicyclic) bond motifs is 1. The molecule has 0 spiro atoms. The molecule has 1 aliphatic rings. The van der Waals surface area contributed by atoms with Crippen LogP contribution < -0.4 is 14.8 Å². The van der Waals surface area contributed by atoms with Crippen molar-refractivity contribution < 1.29 is 14.3 Å². The molecule has 1 N–H and O–H groups in total. The van der Waals surface area contributed by atoms with Gasteiger partial charge in [0.2, 0.25) is 0 Å². The van der Waals surface area contributed by atoms with Crippen molar-refractivity contribution in [2.75, 3.05) is 13.7 Å². The van der Waals surface area contributed by atoms with Gasteiger partial charge in [-0.25, -0.2) is 0 Å². The molecule has 1 heterocycles. The second kappa shape index (κ2) is 7.81. The quantitative estimate of drug-likeness (QED) is 0.792. The summed E-state index contributed by atoms with van der Waals surface area (Å²) in [5.74, 6) is 2.18. The summed E-state index contributed by atoms with van der Waals surface area (Å²) in [5.41, 5.74) is 4.96. The minimum absolute atomic E-state index is 0.00105. The number of benzene rings is 2. The van der Waals surface area contributed by atoms with Crippen LogP contribution in [0, 0.1) is 5.92 Å². The van der Waals surface area contributed by atoms with Gasteiger partial charge < -0.3 is 14.8 Å². The van der Waals surface area contributed by atoms with E-state index in [0.29, 0.717) is 19.1 Å². The second-order valence-electron chi connectivity index (χ2n) is 7.07. The third-order valence-electron chi connectivity index (χ3n) is 4.82. The fraction of sp³-hybridized carbons (Fsp3) is 0.409. The SMILES string of the molecule is CCc1ccc(-c2ccc3c(c2)CNC3=O)c(OCCC(C)C)c1OC. The van der Waals surface area contributed by atoms with Gasteiger partial charge in [0, 0.05) is 17.7 Å². The Morgan fingerprint density at radius 3 is 2.58 bits per heavy atom. The van der Waals surface area contributed by atoms with Gasteiger partial charge in [-0.1, -0.05) is 39.0 Å². The number of ether oxygens (including phenoxy) is 2. The lowest BCUT2D eigenvalue weighted by atomic mass is 9.97. The number of carbonyl (C=O) groups is 1. The Hall–Kier alpha value is -2.49. The monoisotopic (exact) mass is 353 g/mol. The van der Waals surface area contributed by atoms with Crippen LogP contribution in [0.1, 0.15) is 48.7 Å². The van der Waals surface area contributed by atoms with Crippen LogP contribution in [0.15, 0.2) is 30.3 Å². The standard InChI is InChI=1S/C22H27NO3/c1-5-15-6-8-18(21(20(15)25-4)26-11-10-14(2)3)16-7-9-19-17(12-16)13-23-22(19)24/h6-9,12,14H,5,10-11,13H2,1-4H3,(H,23,24). The molecule has 1 aliphatic heterocycles.